The van der Waals surface area contributed by atoms with Gasteiger partial charge in [-0.1, -0.05) is 54.9 Å². The molecule has 0 bridgehead atoms. The van der Waals surface area contributed by atoms with Crippen molar-refractivity contribution in [2.45, 2.75) is 132 Å². The predicted molar refractivity (Wildman–Crippen MR) is 145 cm³/mol. The van der Waals surface area contributed by atoms with Crippen molar-refractivity contribution in [3.05, 3.63) is 0 Å². The van der Waals surface area contributed by atoms with Crippen LogP contribution in [0.4, 0.5) is 0 Å². The summed E-state index contributed by atoms with van der Waals surface area (Å²) in [5.74, 6) is 4.94. The molecule has 0 saturated heterocycles. The Labute approximate surface area is 217 Å². The fourth-order valence-corrected chi connectivity index (χ4v) is 12.6. The summed E-state index contributed by atoms with van der Waals surface area (Å²) in [6, 6.07) is 0. The number of esters is 1. The van der Waals surface area contributed by atoms with E-state index in [1.807, 2.05) is 0 Å². The normalized spacial score (nSPS) is 51.4. The van der Waals surface area contributed by atoms with E-state index in [1.165, 1.54) is 70.6 Å². The zero-order valence-corrected chi connectivity index (χ0v) is 24.5. The molecule has 0 aromatic rings. The average molecular weight is 485 g/mol. The van der Waals surface area contributed by atoms with Crippen molar-refractivity contribution in [3.63, 3.8) is 0 Å². The second-order valence-electron chi connectivity index (χ2n) is 15.9. The third-order valence-corrected chi connectivity index (χ3v) is 14.4. The molecule has 0 spiro atoms. The van der Waals surface area contributed by atoms with Gasteiger partial charge in [0.1, 0.15) is 0 Å². The SMILES string of the molecule is CC(=O)OCC[C@@H](C)[C@H]1CC[C@]2(C)[C@H]3CC[C@@H]4[C@@]5(C)CCCC(C)(C)[C@@H]5CC[C@@]4(C)[C@]3(C)CC[C@@H]12. The Kier molecular flexibility index (Phi) is 6.33. The molecule has 0 radical (unpaired) electrons. The van der Waals surface area contributed by atoms with Crippen LogP contribution in [0.1, 0.15) is 132 Å². The summed E-state index contributed by atoms with van der Waals surface area (Å²) in [7, 11) is 0. The Morgan fingerprint density at radius 2 is 1.40 bits per heavy atom. The summed E-state index contributed by atoms with van der Waals surface area (Å²) in [4.78, 5) is 11.3. The Morgan fingerprint density at radius 1 is 0.771 bits per heavy atom. The van der Waals surface area contributed by atoms with Crippen molar-refractivity contribution < 1.29 is 9.53 Å². The fourth-order valence-electron chi connectivity index (χ4n) is 12.6. The molecular weight excluding hydrogens is 428 g/mol. The molecule has 0 heterocycles. The number of ether oxygens (including phenoxy) is 1. The molecule has 5 saturated carbocycles. The molecule has 0 aliphatic heterocycles. The number of carbonyl (C=O) groups is 1. The van der Waals surface area contributed by atoms with Crippen molar-refractivity contribution in [3.8, 4) is 0 Å². The molecule has 5 aliphatic carbocycles. The molecule has 10 atom stereocenters. The van der Waals surface area contributed by atoms with Gasteiger partial charge in [-0.2, -0.15) is 0 Å². The predicted octanol–water partition coefficient (Wildman–Crippen LogP) is 9.07. The van der Waals surface area contributed by atoms with Crippen LogP contribution in [0.15, 0.2) is 0 Å². The first-order valence-electron chi connectivity index (χ1n) is 15.4. The number of hydrogen-bond acceptors (Lipinski definition) is 2. The van der Waals surface area contributed by atoms with E-state index in [2.05, 4.69) is 48.5 Å². The number of hydrogen-bond donors (Lipinski definition) is 0. The van der Waals surface area contributed by atoms with Gasteiger partial charge >= 0.3 is 5.97 Å². The van der Waals surface area contributed by atoms with E-state index in [0.29, 0.717) is 39.6 Å². The van der Waals surface area contributed by atoms with Crippen LogP contribution in [-0.2, 0) is 9.53 Å². The molecular formula is C33H56O2. The van der Waals surface area contributed by atoms with E-state index in [4.69, 9.17) is 4.74 Å². The van der Waals surface area contributed by atoms with Gasteiger partial charge in [0, 0.05) is 6.92 Å². The highest BCUT2D eigenvalue weighted by Crippen LogP contribution is 2.78. The first kappa shape index (κ1) is 26.1. The van der Waals surface area contributed by atoms with Crippen LogP contribution in [-0.4, -0.2) is 12.6 Å². The van der Waals surface area contributed by atoms with Gasteiger partial charge in [0.05, 0.1) is 6.61 Å². The van der Waals surface area contributed by atoms with Crippen molar-refractivity contribution in [2.24, 2.45) is 62.6 Å². The minimum absolute atomic E-state index is 0.128. The molecule has 5 aliphatic rings. The third-order valence-electron chi connectivity index (χ3n) is 14.4. The second-order valence-corrected chi connectivity index (χ2v) is 15.9. The lowest BCUT2D eigenvalue weighted by molar-refractivity contribution is -0.241. The topological polar surface area (TPSA) is 26.3 Å². The van der Waals surface area contributed by atoms with Crippen LogP contribution in [0, 0.1) is 62.6 Å². The smallest absolute Gasteiger partial charge is 0.302 e. The van der Waals surface area contributed by atoms with Crippen molar-refractivity contribution in [1.29, 1.82) is 0 Å². The van der Waals surface area contributed by atoms with Crippen molar-refractivity contribution >= 4 is 5.97 Å². The van der Waals surface area contributed by atoms with Gasteiger partial charge < -0.3 is 4.74 Å². The zero-order valence-electron chi connectivity index (χ0n) is 24.5. The van der Waals surface area contributed by atoms with Crippen molar-refractivity contribution in [1.82, 2.24) is 0 Å². The highest BCUT2D eigenvalue weighted by atomic mass is 16.5. The van der Waals surface area contributed by atoms with E-state index in [9.17, 15) is 4.79 Å². The molecule has 200 valence electrons. The summed E-state index contributed by atoms with van der Waals surface area (Å²) in [6.45, 7) is 20.8. The minimum atomic E-state index is -0.128. The van der Waals surface area contributed by atoms with Gasteiger partial charge in [-0.15, -0.1) is 0 Å². The minimum Gasteiger partial charge on any atom is -0.466 e. The number of carbonyl (C=O) groups excluding carboxylic acids is 1. The molecule has 5 rings (SSSR count). The maximum Gasteiger partial charge on any atom is 0.302 e. The Hall–Kier alpha value is -0.530. The van der Waals surface area contributed by atoms with E-state index >= 15 is 0 Å². The Morgan fingerprint density at radius 3 is 2.06 bits per heavy atom. The summed E-state index contributed by atoms with van der Waals surface area (Å²) in [5.41, 5.74) is 2.57. The highest BCUT2D eigenvalue weighted by Gasteiger charge is 2.70. The summed E-state index contributed by atoms with van der Waals surface area (Å²) in [6.07, 6.45) is 17.0. The quantitative estimate of drug-likeness (QED) is 0.372. The molecule has 0 aromatic heterocycles. The van der Waals surface area contributed by atoms with E-state index < -0.39 is 0 Å². The zero-order chi connectivity index (χ0) is 25.4. The van der Waals surface area contributed by atoms with Gasteiger partial charge in [0.15, 0.2) is 0 Å². The van der Waals surface area contributed by atoms with Crippen LogP contribution in [0.2, 0.25) is 0 Å². The number of rotatable bonds is 4. The molecule has 0 N–H and O–H groups in total. The van der Waals surface area contributed by atoms with Gasteiger partial charge in [0.25, 0.3) is 0 Å². The van der Waals surface area contributed by atoms with Gasteiger partial charge in [0.2, 0.25) is 0 Å². The summed E-state index contributed by atoms with van der Waals surface area (Å²) < 4.78 is 5.34. The third kappa shape index (κ3) is 3.64. The van der Waals surface area contributed by atoms with Crippen LogP contribution in [0.5, 0.6) is 0 Å². The van der Waals surface area contributed by atoms with Crippen LogP contribution in [0.25, 0.3) is 0 Å². The van der Waals surface area contributed by atoms with E-state index in [1.54, 1.807) is 6.92 Å². The molecule has 0 unspecified atom stereocenters. The van der Waals surface area contributed by atoms with Crippen LogP contribution < -0.4 is 0 Å². The number of fused-ring (bicyclic) bond motifs is 7. The standard InChI is InChI=1S/C33H56O2/c1-22(15-21-35-23(2)34)24-12-18-30(5)25(24)13-19-32(7)27(30)10-11-28-31(6)17-9-16-29(3,4)26(31)14-20-33(28,32)8/h22,24-28H,9-21H2,1-8H3/t22-,24-,25+,26+,27-,28-,30+,31+,32-,33-/m1/s1. The molecule has 5 fully saturated rings. The Bertz CT molecular complexity index is 831. The Balaban J connectivity index is 1.39. The summed E-state index contributed by atoms with van der Waals surface area (Å²) in [5, 5.41) is 0. The molecule has 35 heavy (non-hydrogen) atoms. The lowest BCUT2D eigenvalue weighted by Crippen LogP contribution is -2.65. The average Bonchev–Trinajstić information content (AvgIpc) is 3.10. The highest BCUT2D eigenvalue weighted by molar-refractivity contribution is 5.65. The maximum absolute atomic E-state index is 11.3. The lowest BCUT2D eigenvalue weighted by Gasteiger charge is -2.73. The fraction of sp³-hybridized carbons (Fsp3) is 0.970. The largest absolute Gasteiger partial charge is 0.466 e. The van der Waals surface area contributed by atoms with Crippen LogP contribution in [0.3, 0.4) is 0 Å². The van der Waals surface area contributed by atoms with Gasteiger partial charge in [-0.05, 0) is 133 Å². The lowest BCUT2D eigenvalue weighted by atomic mass is 9.32. The summed E-state index contributed by atoms with van der Waals surface area (Å²) >= 11 is 0. The first-order valence-corrected chi connectivity index (χ1v) is 15.4. The molecule has 2 heteroatoms. The molecule has 0 aromatic carbocycles. The van der Waals surface area contributed by atoms with Crippen LogP contribution >= 0.6 is 0 Å². The van der Waals surface area contributed by atoms with Gasteiger partial charge in [-0.3, -0.25) is 4.79 Å². The maximum atomic E-state index is 11.3. The molecule has 0 amide bonds. The van der Waals surface area contributed by atoms with Crippen molar-refractivity contribution in [2.75, 3.05) is 6.61 Å². The second kappa shape index (κ2) is 8.49. The first-order chi connectivity index (χ1) is 16.3. The van der Waals surface area contributed by atoms with E-state index in [-0.39, 0.29) is 5.97 Å². The van der Waals surface area contributed by atoms with Gasteiger partial charge in [-0.25, -0.2) is 0 Å². The molecule has 2 nitrogen and oxygen atoms in total. The van der Waals surface area contributed by atoms with E-state index in [0.717, 1.165) is 36.0 Å². The monoisotopic (exact) mass is 484 g/mol.